The third kappa shape index (κ3) is 3.86. The second kappa shape index (κ2) is 8.37. The van der Waals surface area contributed by atoms with Crippen LogP contribution in [0.25, 0.3) is 10.9 Å². The summed E-state index contributed by atoms with van der Waals surface area (Å²) in [5.41, 5.74) is 3.64. The molecular weight excluding hydrogens is 374 g/mol. The van der Waals surface area contributed by atoms with Crippen molar-refractivity contribution >= 4 is 16.8 Å². The fourth-order valence-corrected chi connectivity index (χ4v) is 4.45. The van der Waals surface area contributed by atoms with Gasteiger partial charge in [-0.25, -0.2) is 4.98 Å². The highest BCUT2D eigenvalue weighted by atomic mass is 16.2. The average Bonchev–Trinajstić information content (AvgIpc) is 3.23. The van der Waals surface area contributed by atoms with Gasteiger partial charge in [-0.05, 0) is 36.0 Å². The molecule has 2 aromatic heterocycles. The lowest BCUT2D eigenvalue weighted by molar-refractivity contribution is -0.123. The highest BCUT2D eigenvalue weighted by Gasteiger charge is 2.30. The van der Waals surface area contributed by atoms with Crippen LogP contribution in [0, 0.1) is 18.3 Å². The first-order chi connectivity index (χ1) is 14.5. The number of carbonyl (C=O) groups is 1. The zero-order valence-electron chi connectivity index (χ0n) is 17.9. The monoisotopic (exact) mass is 403 g/mol. The van der Waals surface area contributed by atoms with E-state index in [1.54, 1.807) is 0 Å². The SMILES string of the molecule is C#CCNC(=O)C1Cc2cn(Cc3nccn3C)c3cccc(c23)C(CC(C)C)N1. The number of hydrogen-bond acceptors (Lipinski definition) is 3. The molecule has 1 aliphatic heterocycles. The lowest BCUT2D eigenvalue weighted by atomic mass is 9.94. The summed E-state index contributed by atoms with van der Waals surface area (Å²) in [4.78, 5) is 17.3. The average molecular weight is 404 g/mol. The molecule has 156 valence electrons. The molecule has 3 aromatic rings. The van der Waals surface area contributed by atoms with Crippen LogP contribution in [0.5, 0.6) is 0 Å². The first-order valence-electron chi connectivity index (χ1n) is 10.5. The number of rotatable bonds is 6. The highest BCUT2D eigenvalue weighted by Crippen LogP contribution is 2.36. The van der Waals surface area contributed by atoms with Crippen LogP contribution in [0.2, 0.25) is 0 Å². The van der Waals surface area contributed by atoms with Gasteiger partial charge in [0.2, 0.25) is 5.91 Å². The molecule has 0 radical (unpaired) electrons. The van der Waals surface area contributed by atoms with Crippen LogP contribution in [0.4, 0.5) is 0 Å². The van der Waals surface area contributed by atoms with Crippen LogP contribution in [0.1, 0.15) is 43.3 Å². The molecule has 0 saturated carbocycles. The molecule has 30 heavy (non-hydrogen) atoms. The predicted octanol–water partition coefficient (Wildman–Crippen LogP) is 2.77. The standard InChI is InChI=1S/C24H29N5O/c1-5-9-26-24(30)20-13-17-14-29(15-22-25-10-11-28(22)4)21-8-6-7-18(23(17)21)19(27-20)12-16(2)3/h1,6-8,10-11,14,16,19-20,27H,9,12-13,15H2,2-4H3,(H,26,30). The number of terminal acetylenes is 1. The van der Waals surface area contributed by atoms with E-state index in [9.17, 15) is 4.79 Å². The van der Waals surface area contributed by atoms with E-state index in [1.807, 2.05) is 24.0 Å². The first-order valence-corrected chi connectivity index (χ1v) is 10.5. The summed E-state index contributed by atoms with van der Waals surface area (Å²) in [6.45, 7) is 5.37. The van der Waals surface area contributed by atoms with Crippen molar-refractivity contribution in [2.75, 3.05) is 6.54 Å². The van der Waals surface area contributed by atoms with Crippen molar-refractivity contribution in [2.45, 2.75) is 45.3 Å². The summed E-state index contributed by atoms with van der Waals surface area (Å²) < 4.78 is 4.30. The van der Waals surface area contributed by atoms with Crippen molar-refractivity contribution in [1.82, 2.24) is 24.8 Å². The molecule has 0 aliphatic carbocycles. The van der Waals surface area contributed by atoms with Crippen molar-refractivity contribution in [1.29, 1.82) is 0 Å². The van der Waals surface area contributed by atoms with Crippen molar-refractivity contribution in [3.63, 3.8) is 0 Å². The van der Waals surface area contributed by atoms with Gasteiger partial charge in [0.15, 0.2) is 0 Å². The molecule has 2 atom stereocenters. The molecule has 1 aromatic carbocycles. The Morgan fingerprint density at radius 3 is 2.97 bits per heavy atom. The van der Waals surface area contributed by atoms with E-state index in [2.05, 4.69) is 64.3 Å². The summed E-state index contributed by atoms with van der Waals surface area (Å²) >= 11 is 0. The molecule has 0 spiro atoms. The van der Waals surface area contributed by atoms with Gasteiger partial charge in [0, 0.05) is 42.6 Å². The number of nitrogens with zero attached hydrogens (tertiary/aromatic N) is 3. The molecule has 4 rings (SSSR count). The van der Waals surface area contributed by atoms with Crippen molar-refractivity contribution in [3.05, 3.63) is 53.7 Å². The minimum atomic E-state index is -0.318. The van der Waals surface area contributed by atoms with Crippen LogP contribution in [0.3, 0.4) is 0 Å². The largest absolute Gasteiger partial charge is 0.344 e. The molecule has 6 heteroatoms. The number of amides is 1. The number of benzene rings is 1. The molecule has 0 bridgehead atoms. The second-order valence-corrected chi connectivity index (χ2v) is 8.51. The first kappa shape index (κ1) is 20.2. The Morgan fingerprint density at radius 2 is 2.27 bits per heavy atom. The number of aryl methyl sites for hydroxylation is 1. The fraction of sp³-hybridized carbons (Fsp3) is 0.417. The Balaban J connectivity index is 1.78. The van der Waals surface area contributed by atoms with E-state index in [0.717, 1.165) is 12.2 Å². The molecule has 3 heterocycles. The maximum Gasteiger partial charge on any atom is 0.238 e. The van der Waals surface area contributed by atoms with E-state index >= 15 is 0 Å². The van der Waals surface area contributed by atoms with Gasteiger partial charge < -0.3 is 14.5 Å². The Kier molecular flexibility index (Phi) is 5.65. The van der Waals surface area contributed by atoms with E-state index in [1.165, 1.54) is 22.0 Å². The number of imidazole rings is 1. The molecule has 0 saturated heterocycles. The Morgan fingerprint density at radius 1 is 1.43 bits per heavy atom. The van der Waals surface area contributed by atoms with Crippen LogP contribution >= 0.6 is 0 Å². The van der Waals surface area contributed by atoms with E-state index < -0.39 is 0 Å². The van der Waals surface area contributed by atoms with Gasteiger partial charge in [-0.15, -0.1) is 6.42 Å². The summed E-state index contributed by atoms with van der Waals surface area (Å²) in [7, 11) is 2.01. The highest BCUT2D eigenvalue weighted by molar-refractivity contribution is 5.90. The minimum Gasteiger partial charge on any atom is -0.344 e. The maximum absolute atomic E-state index is 12.8. The summed E-state index contributed by atoms with van der Waals surface area (Å²) in [5.74, 6) is 3.96. The Hall–Kier alpha value is -3.04. The van der Waals surface area contributed by atoms with Crippen molar-refractivity contribution in [2.24, 2.45) is 13.0 Å². The van der Waals surface area contributed by atoms with Gasteiger partial charge in [-0.3, -0.25) is 10.1 Å². The molecule has 2 unspecified atom stereocenters. The topological polar surface area (TPSA) is 63.9 Å². The van der Waals surface area contributed by atoms with Gasteiger partial charge in [0.05, 0.1) is 19.1 Å². The number of aromatic nitrogens is 3. The Labute approximate surface area is 177 Å². The molecule has 1 amide bonds. The molecule has 2 N–H and O–H groups in total. The van der Waals surface area contributed by atoms with E-state index in [4.69, 9.17) is 6.42 Å². The predicted molar refractivity (Wildman–Crippen MR) is 119 cm³/mol. The quantitative estimate of drug-likeness (QED) is 0.622. The molecule has 6 nitrogen and oxygen atoms in total. The third-order valence-electron chi connectivity index (χ3n) is 5.84. The third-order valence-corrected chi connectivity index (χ3v) is 5.84. The summed E-state index contributed by atoms with van der Waals surface area (Å²) in [6.07, 6.45) is 12.9. The zero-order valence-corrected chi connectivity index (χ0v) is 17.9. The van der Waals surface area contributed by atoms with Gasteiger partial charge in [-0.2, -0.15) is 0 Å². The minimum absolute atomic E-state index is 0.0421. The van der Waals surface area contributed by atoms with Crippen LogP contribution in [-0.2, 0) is 24.8 Å². The zero-order chi connectivity index (χ0) is 21.3. The molecule has 0 fully saturated rings. The van der Waals surface area contributed by atoms with E-state index in [0.29, 0.717) is 18.9 Å². The molecular formula is C24H29N5O. The number of nitrogens with one attached hydrogen (secondary N) is 2. The van der Waals surface area contributed by atoms with E-state index in [-0.39, 0.29) is 24.5 Å². The normalized spacial score (nSPS) is 18.4. The van der Waals surface area contributed by atoms with Gasteiger partial charge in [-0.1, -0.05) is 31.9 Å². The van der Waals surface area contributed by atoms with Crippen molar-refractivity contribution in [3.8, 4) is 12.3 Å². The number of carbonyl (C=O) groups excluding carboxylic acids is 1. The summed E-state index contributed by atoms with van der Waals surface area (Å²) in [5, 5.41) is 7.73. The maximum atomic E-state index is 12.8. The second-order valence-electron chi connectivity index (χ2n) is 8.51. The van der Waals surface area contributed by atoms with Gasteiger partial charge >= 0.3 is 0 Å². The van der Waals surface area contributed by atoms with Crippen LogP contribution < -0.4 is 10.6 Å². The fourth-order valence-electron chi connectivity index (χ4n) is 4.45. The lowest BCUT2D eigenvalue weighted by Gasteiger charge is -2.25. The van der Waals surface area contributed by atoms with Crippen LogP contribution in [-0.4, -0.2) is 32.6 Å². The smallest absolute Gasteiger partial charge is 0.238 e. The van der Waals surface area contributed by atoms with Gasteiger partial charge in [0.1, 0.15) is 5.82 Å². The van der Waals surface area contributed by atoms with Crippen molar-refractivity contribution < 1.29 is 4.79 Å². The lowest BCUT2D eigenvalue weighted by Crippen LogP contribution is -2.46. The molecule has 1 aliphatic rings. The van der Waals surface area contributed by atoms with Crippen LogP contribution in [0.15, 0.2) is 36.8 Å². The Bertz CT molecular complexity index is 1100. The van der Waals surface area contributed by atoms with Gasteiger partial charge in [0.25, 0.3) is 0 Å². The summed E-state index contributed by atoms with van der Waals surface area (Å²) in [6, 6.07) is 6.27. The number of hydrogen-bond donors (Lipinski definition) is 2.